The second-order valence-electron chi connectivity index (χ2n) is 12.0. The lowest BCUT2D eigenvalue weighted by atomic mass is 9.85. The normalized spacial score (nSPS) is 19.6. The first kappa shape index (κ1) is 29.6. The zero-order valence-electron chi connectivity index (χ0n) is 23.5. The van der Waals surface area contributed by atoms with Crippen LogP contribution in [0.4, 0.5) is 4.79 Å². The number of nitrogens with one attached hydrogen (secondary N) is 2. The molecule has 1 unspecified atom stereocenters. The van der Waals surface area contributed by atoms with E-state index in [1.54, 1.807) is 32.1 Å². The van der Waals surface area contributed by atoms with E-state index in [9.17, 15) is 19.5 Å². The maximum Gasteiger partial charge on any atom is 0.408 e. The third kappa shape index (κ3) is 7.32. The third-order valence-electron chi connectivity index (χ3n) is 6.42. The Morgan fingerprint density at radius 1 is 1.11 bits per heavy atom. The van der Waals surface area contributed by atoms with Crippen LogP contribution in [0.1, 0.15) is 72.2 Å². The van der Waals surface area contributed by atoms with Gasteiger partial charge in [0, 0.05) is 13.0 Å². The Morgan fingerprint density at radius 3 is 2.26 bits per heavy atom. The van der Waals surface area contributed by atoms with Crippen molar-refractivity contribution in [1.82, 2.24) is 20.5 Å². The molecule has 10 heteroatoms. The third-order valence-corrected chi connectivity index (χ3v) is 7.39. The van der Waals surface area contributed by atoms with Crippen molar-refractivity contribution in [2.75, 3.05) is 6.54 Å². The van der Waals surface area contributed by atoms with Gasteiger partial charge in [0.2, 0.25) is 11.8 Å². The van der Waals surface area contributed by atoms with Crippen LogP contribution in [-0.2, 0) is 14.3 Å². The maximum atomic E-state index is 13.6. The molecule has 3 amide bonds. The average Bonchev–Trinajstić information content (AvgIpc) is 3.40. The first-order chi connectivity index (χ1) is 17.6. The minimum absolute atomic E-state index is 0.0107. The van der Waals surface area contributed by atoms with Crippen molar-refractivity contribution < 1.29 is 24.2 Å². The summed E-state index contributed by atoms with van der Waals surface area (Å²) in [6, 6.07) is 5.82. The number of β-amino-alcohol motifs (C(OH)–C–C–N with tert-alkyl or cyclic N) is 1. The van der Waals surface area contributed by atoms with Crippen molar-refractivity contribution in [2.45, 2.75) is 91.6 Å². The quantitative estimate of drug-likeness (QED) is 0.501. The van der Waals surface area contributed by atoms with Gasteiger partial charge in [-0.15, -0.1) is 11.3 Å². The van der Waals surface area contributed by atoms with Crippen LogP contribution in [0.25, 0.3) is 10.4 Å². The number of nitrogens with zero attached hydrogens (tertiary/aromatic N) is 2. The molecule has 208 valence electrons. The van der Waals surface area contributed by atoms with Gasteiger partial charge in [-0.25, -0.2) is 9.78 Å². The maximum absolute atomic E-state index is 13.6. The molecule has 2 aromatic rings. The number of aliphatic hydroxyl groups is 1. The zero-order chi connectivity index (χ0) is 28.4. The van der Waals surface area contributed by atoms with E-state index in [0.717, 1.165) is 21.7 Å². The van der Waals surface area contributed by atoms with E-state index in [1.165, 1.54) is 4.90 Å². The van der Waals surface area contributed by atoms with Gasteiger partial charge in [-0.05, 0) is 51.2 Å². The predicted molar refractivity (Wildman–Crippen MR) is 148 cm³/mol. The molecule has 1 aliphatic heterocycles. The van der Waals surface area contributed by atoms with E-state index in [4.69, 9.17) is 4.74 Å². The van der Waals surface area contributed by atoms with Crippen molar-refractivity contribution in [2.24, 2.45) is 5.41 Å². The predicted octanol–water partition coefficient (Wildman–Crippen LogP) is 4.20. The Balaban J connectivity index is 1.72. The highest BCUT2D eigenvalue weighted by Gasteiger charge is 2.45. The Hall–Kier alpha value is -2.98. The SMILES string of the molecule is Cc1ncsc1-c1ccc(C(C)NC(=O)[C@@H]2C[C@@H](O)CN2C(=O)[C@@H](NC(=O)OC(C)(C)C)C(C)(C)C)cc1. The summed E-state index contributed by atoms with van der Waals surface area (Å²) >= 11 is 1.58. The highest BCUT2D eigenvalue weighted by atomic mass is 32.1. The summed E-state index contributed by atoms with van der Waals surface area (Å²) in [4.78, 5) is 46.3. The molecule has 0 radical (unpaired) electrons. The summed E-state index contributed by atoms with van der Waals surface area (Å²) in [5.74, 6) is -0.785. The Labute approximate surface area is 229 Å². The van der Waals surface area contributed by atoms with Crippen LogP contribution >= 0.6 is 11.3 Å². The van der Waals surface area contributed by atoms with Crippen LogP contribution in [0.3, 0.4) is 0 Å². The fourth-order valence-corrected chi connectivity index (χ4v) is 5.25. The van der Waals surface area contributed by atoms with Crippen LogP contribution in [0.5, 0.6) is 0 Å². The monoisotopic (exact) mass is 544 g/mol. The van der Waals surface area contributed by atoms with Crippen molar-refractivity contribution >= 4 is 29.2 Å². The first-order valence-corrected chi connectivity index (χ1v) is 13.7. The van der Waals surface area contributed by atoms with Crippen LogP contribution in [0.15, 0.2) is 29.8 Å². The minimum Gasteiger partial charge on any atom is -0.444 e. The number of amides is 3. The zero-order valence-corrected chi connectivity index (χ0v) is 24.3. The summed E-state index contributed by atoms with van der Waals surface area (Å²) in [5, 5.41) is 16.1. The molecule has 1 aromatic carbocycles. The number of aromatic nitrogens is 1. The molecule has 1 fully saturated rings. The number of hydrogen-bond acceptors (Lipinski definition) is 7. The number of rotatable bonds is 6. The van der Waals surface area contributed by atoms with Gasteiger partial charge >= 0.3 is 6.09 Å². The Bertz CT molecular complexity index is 1150. The molecule has 1 aliphatic rings. The van der Waals surface area contributed by atoms with Crippen molar-refractivity contribution in [3.05, 3.63) is 41.0 Å². The summed E-state index contributed by atoms with van der Waals surface area (Å²) in [7, 11) is 0. The van der Waals surface area contributed by atoms with Crippen LogP contribution in [-0.4, -0.2) is 63.2 Å². The lowest BCUT2D eigenvalue weighted by Crippen LogP contribution is -2.58. The first-order valence-electron chi connectivity index (χ1n) is 12.9. The van der Waals surface area contributed by atoms with Crippen molar-refractivity contribution in [3.63, 3.8) is 0 Å². The number of hydrogen-bond donors (Lipinski definition) is 3. The number of thiazole rings is 1. The van der Waals surface area contributed by atoms with E-state index >= 15 is 0 Å². The van der Waals surface area contributed by atoms with E-state index in [2.05, 4.69) is 15.6 Å². The number of ether oxygens (including phenoxy) is 1. The standard InChI is InChI=1S/C28H40N4O5S/c1-16(18-9-11-19(12-10-18)22-17(2)29-15-38-22)30-24(34)21-13-20(33)14-32(21)25(35)23(27(3,4)5)31-26(36)37-28(6,7)8/h9-12,15-16,20-21,23,33H,13-14H2,1-8H3,(H,30,34)(H,31,36)/t16?,20-,21+,23-/m1/s1. The smallest absolute Gasteiger partial charge is 0.408 e. The van der Waals surface area contributed by atoms with Crippen LogP contribution < -0.4 is 10.6 Å². The molecule has 4 atom stereocenters. The van der Waals surface area contributed by atoms with Crippen LogP contribution in [0.2, 0.25) is 0 Å². The number of carbonyl (C=O) groups excluding carboxylic acids is 3. The van der Waals surface area contributed by atoms with Gasteiger partial charge in [-0.1, -0.05) is 45.0 Å². The van der Waals surface area contributed by atoms with E-state index in [1.807, 2.05) is 64.4 Å². The van der Waals surface area contributed by atoms with E-state index in [0.29, 0.717) is 0 Å². The lowest BCUT2D eigenvalue weighted by Gasteiger charge is -2.35. The number of aliphatic hydroxyl groups excluding tert-OH is 1. The molecule has 2 heterocycles. The Morgan fingerprint density at radius 2 is 1.74 bits per heavy atom. The molecule has 0 saturated carbocycles. The number of carbonyl (C=O) groups is 3. The van der Waals surface area contributed by atoms with Gasteiger partial charge < -0.3 is 25.4 Å². The highest BCUT2D eigenvalue weighted by Crippen LogP contribution is 2.29. The number of benzene rings is 1. The molecular weight excluding hydrogens is 504 g/mol. The van der Waals surface area contributed by atoms with E-state index in [-0.39, 0.29) is 24.9 Å². The highest BCUT2D eigenvalue weighted by molar-refractivity contribution is 7.13. The summed E-state index contributed by atoms with van der Waals surface area (Å²) in [5.41, 5.74) is 3.39. The Kier molecular flexibility index (Phi) is 8.88. The molecule has 0 bridgehead atoms. The fourth-order valence-electron chi connectivity index (χ4n) is 4.44. The van der Waals surface area contributed by atoms with Gasteiger partial charge in [-0.3, -0.25) is 9.59 Å². The largest absolute Gasteiger partial charge is 0.444 e. The second-order valence-corrected chi connectivity index (χ2v) is 12.8. The number of alkyl carbamates (subject to hydrolysis) is 1. The molecule has 3 N–H and O–H groups in total. The fraction of sp³-hybridized carbons (Fsp3) is 0.571. The van der Waals surface area contributed by atoms with Gasteiger partial charge in [0.1, 0.15) is 17.7 Å². The second kappa shape index (κ2) is 11.4. The van der Waals surface area contributed by atoms with E-state index < -0.39 is 41.2 Å². The molecule has 0 aliphatic carbocycles. The number of likely N-dealkylation sites (tertiary alicyclic amines) is 1. The molecule has 9 nitrogen and oxygen atoms in total. The summed E-state index contributed by atoms with van der Waals surface area (Å²) < 4.78 is 5.36. The molecule has 1 saturated heterocycles. The summed E-state index contributed by atoms with van der Waals surface area (Å²) in [6.07, 6.45) is -1.43. The number of aryl methyl sites for hydroxylation is 1. The molecule has 1 aromatic heterocycles. The molecule has 3 rings (SSSR count). The van der Waals surface area contributed by atoms with Gasteiger partial charge in [0.15, 0.2) is 0 Å². The van der Waals surface area contributed by atoms with Crippen molar-refractivity contribution in [3.8, 4) is 10.4 Å². The summed E-state index contributed by atoms with van der Waals surface area (Å²) in [6.45, 7) is 14.6. The van der Waals surface area contributed by atoms with Crippen LogP contribution in [0, 0.1) is 12.3 Å². The molecule has 0 spiro atoms. The van der Waals surface area contributed by atoms with Gasteiger partial charge in [-0.2, -0.15) is 0 Å². The topological polar surface area (TPSA) is 121 Å². The lowest BCUT2D eigenvalue weighted by molar-refractivity contribution is -0.142. The molecular formula is C28H40N4O5S. The average molecular weight is 545 g/mol. The van der Waals surface area contributed by atoms with Gasteiger partial charge in [0.25, 0.3) is 0 Å². The van der Waals surface area contributed by atoms with Gasteiger partial charge in [0.05, 0.1) is 28.2 Å². The van der Waals surface area contributed by atoms with Crippen molar-refractivity contribution in [1.29, 1.82) is 0 Å². The molecule has 38 heavy (non-hydrogen) atoms. The minimum atomic E-state index is -0.946.